The standard InChI is InChI=1S/C28H25N3O5S/c1-37(34,35)36-25-15-9-20(10-16-25)26-7-2-3-8-27(26)28(33)31-22-13-11-21(12-14-22)30-24(19-32)18-23-6-4-5-17-29-23/h2-17,19,24,30H,18H2,1H3,(H,31,33). The first kappa shape index (κ1) is 25.6. The number of nitrogens with one attached hydrogen (secondary N) is 2. The molecule has 2 N–H and O–H groups in total. The van der Waals surface area contributed by atoms with Crippen molar-refractivity contribution in [3.63, 3.8) is 0 Å². The molecule has 4 rings (SSSR count). The molecule has 8 nitrogen and oxygen atoms in total. The smallest absolute Gasteiger partial charge is 0.306 e. The molecule has 0 aliphatic heterocycles. The topological polar surface area (TPSA) is 114 Å². The molecule has 1 atom stereocenters. The Morgan fingerprint density at radius 2 is 1.59 bits per heavy atom. The number of rotatable bonds is 10. The van der Waals surface area contributed by atoms with Crippen molar-refractivity contribution in [2.45, 2.75) is 12.5 Å². The van der Waals surface area contributed by atoms with E-state index in [1.54, 1.807) is 54.7 Å². The van der Waals surface area contributed by atoms with Gasteiger partial charge in [-0.15, -0.1) is 0 Å². The Bertz CT molecular complexity index is 1470. The van der Waals surface area contributed by atoms with Gasteiger partial charge in [0.25, 0.3) is 5.91 Å². The molecule has 1 unspecified atom stereocenters. The lowest BCUT2D eigenvalue weighted by molar-refractivity contribution is -0.108. The van der Waals surface area contributed by atoms with E-state index in [-0.39, 0.29) is 11.7 Å². The van der Waals surface area contributed by atoms with Gasteiger partial charge < -0.3 is 19.6 Å². The number of anilines is 2. The van der Waals surface area contributed by atoms with Crippen molar-refractivity contribution in [2.75, 3.05) is 16.9 Å². The zero-order chi connectivity index (χ0) is 26.3. The fourth-order valence-corrected chi connectivity index (χ4v) is 4.20. The van der Waals surface area contributed by atoms with E-state index in [0.29, 0.717) is 23.2 Å². The minimum atomic E-state index is -3.63. The number of aldehydes is 1. The summed E-state index contributed by atoms with van der Waals surface area (Å²) in [7, 11) is -3.63. The molecule has 1 heterocycles. The van der Waals surface area contributed by atoms with Gasteiger partial charge in [-0.2, -0.15) is 8.42 Å². The Labute approximate surface area is 215 Å². The van der Waals surface area contributed by atoms with E-state index >= 15 is 0 Å². The van der Waals surface area contributed by atoms with E-state index in [4.69, 9.17) is 4.18 Å². The Morgan fingerprint density at radius 1 is 0.919 bits per heavy atom. The summed E-state index contributed by atoms with van der Waals surface area (Å²) in [4.78, 5) is 28.9. The van der Waals surface area contributed by atoms with Crippen LogP contribution in [-0.2, 0) is 21.3 Å². The number of benzene rings is 3. The third kappa shape index (κ3) is 7.25. The van der Waals surface area contributed by atoms with Crippen LogP contribution in [0.15, 0.2) is 97.2 Å². The second-order valence-corrected chi connectivity index (χ2v) is 9.88. The van der Waals surface area contributed by atoms with Crippen LogP contribution in [0.25, 0.3) is 11.1 Å². The summed E-state index contributed by atoms with van der Waals surface area (Å²) in [6.07, 6.45) is 3.98. The average molecular weight is 516 g/mol. The second kappa shape index (κ2) is 11.5. The highest BCUT2D eigenvalue weighted by atomic mass is 32.2. The lowest BCUT2D eigenvalue weighted by Gasteiger charge is -2.15. The summed E-state index contributed by atoms with van der Waals surface area (Å²) >= 11 is 0. The van der Waals surface area contributed by atoms with Crippen molar-refractivity contribution in [2.24, 2.45) is 0 Å². The van der Waals surface area contributed by atoms with Gasteiger partial charge in [-0.1, -0.05) is 36.4 Å². The SMILES string of the molecule is CS(=O)(=O)Oc1ccc(-c2ccccc2C(=O)Nc2ccc(NC(C=O)Cc3ccccn3)cc2)cc1. The van der Waals surface area contributed by atoms with Gasteiger partial charge in [0.2, 0.25) is 0 Å². The summed E-state index contributed by atoms with van der Waals surface area (Å²) in [5.41, 5.74) is 4.02. The molecule has 0 bridgehead atoms. The zero-order valence-corrected chi connectivity index (χ0v) is 20.8. The van der Waals surface area contributed by atoms with Crippen molar-refractivity contribution >= 4 is 33.7 Å². The molecule has 0 aliphatic rings. The van der Waals surface area contributed by atoms with E-state index in [0.717, 1.165) is 29.5 Å². The van der Waals surface area contributed by atoms with E-state index in [1.165, 1.54) is 12.1 Å². The number of amides is 1. The van der Waals surface area contributed by atoms with Crippen molar-refractivity contribution in [3.8, 4) is 16.9 Å². The highest BCUT2D eigenvalue weighted by Crippen LogP contribution is 2.27. The van der Waals surface area contributed by atoms with E-state index in [9.17, 15) is 18.0 Å². The van der Waals surface area contributed by atoms with Crippen LogP contribution in [0.5, 0.6) is 5.75 Å². The summed E-state index contributed by atoms with van der Waals surface area (Å²) in [6.45, 7) is 0. The predicted octanol–water partition coefficient (Wildman–Crippen LogP) is 4.56. The highest BCUT2D eigenvalue weighted by molar-refractivity contribution is 7.86. The molecule has 0 aliphatic carbocycles. The molecular formula is C28H25N3O5S. The van der Waals surface area contributed by atoms with Crippen LogP contribution in [0.3, 0.4) is 0 Å². The van der Waals surface area contributed by atoms with Crippen LogP contribution in [0.2, 0.25) is 0 Å². The summed E-state index contributed by atoms with van der Waals surface area (Å²) < 4.78 is 27.6. The molecule has 188 valence electrons. The van der Waals surface area contributed by atoms with Crippen LogP contribution in [-0.4, -0.2) is 37.9 Å². The Kier molecular flexibility index (Phi) is 7.95. The first-order valence-corrected chi connectivity index (χ1v) is 13.2. The fraction of sp³-hybridized carbons (Fsp3) is 0.107. The van der Waals surface area contributed by atoms with Gasteiger partial charge in [-0.3, -0.25) is 9.78 Å². The van der Waals surface area contributed by atoms with Crippen molar-refractivity contribution in [1.82, 2.24) is 4.98 Å². The monoisotopic (exact) mass is 515 g/mol. The number of nitrogens with zero attached hydrogens (tertiary/aromatic N) is 1. The number of hydrogen-bond donors (Lipinski definition) is 2. The van der Waals surface area contributed by atoms with Gasteiger partial charge in [0.15, 0.2) is 0 Å². The lowest BCUT2D eigenvalue weighted by atomic mass is 9.99. The summed E-state index contributed by atoms with van der Waals surface area (Å²) in [6, 6.07) is 25.8. The van der Waals surface area contributed by atoms with Crippen LogP contribution in [0.4, 0.5) is 11.4 Å². The van der Waals surface area contributed by atoms with Gasteiger partial charge in [0, 0.05) is 35.2 Å². The van der Waals surface area contributed by atoms with Crippen molar-refractivity contribution in [1.29, 1.82) is 0 Å². The van der Waals surface area contributed by atoms with Crippen LogP contribution in [0, 0.1) is 0 Å². The predicted molar refractivity (Wildman–Crippen MR) is 143 cm³/mol. The van der Waals surface area contributed by atoms with Crippen molar-refractivity contribution < 1.29 is 22.2 Å². The molecular weight excluding hydrogens is 490 g/mol. The highest BCUT2D eigenvalue weighted by Gasteiger charge is 2.14. The van der Waals surface area contributed by atoms with E-state index in [1.807, 2.05) is 30.3 Å². The minimum absolute atomic E-state index is 0.193. The van der Waals surface area contributed by atoms with Gasteiger partial charge in [0.1, 0.15) is 12.0 Å². The normalized spacial score (nSPS) is 11.8. The molecule has 0 saturated carbocycles. The first-order chi connectivity index (χ1) is 17.8. The molecule has 0 radical (unpaired) electrons. The third-order valence-corrected chi connectivity index (χ3v) is 5.89. The molecule has 37 heavy (non-hydrogen) atoms. The maximum absolute atomic E-state index is 13.1. The molecule has 4 aromatic rings. The van der Waals surface area contributed by atoms with Crippen LogP contribution in [0.1, 0.15) is 16.1 Å². The molecule has 1 amide bonds. The Hall–Kier alpha value is -4.50. The second-order valence-electron chi connectivity index (χ2n) is 8.30. The Balaban J connectivity index is 1.44. The fourth-order valence-electron chi connectivity index (χ4n) is 3.74. The van der Waals surface area contributed by atoms with E-state index in [2.05, 4.69) is 15.6 Å². The summed E-state index contributed by atoms with van der Waals surface area (Å²) in [5.74, 6) is -0.104. The molecule has 9 heteroatoms. The maximum atomic E-state index is 13.1. The molecule has 0 fully saturated rings. The van der Waals surface area contributed by atoms with Gasteiger partial charge in [-0.25, -0.2) is 0 Å². The van der Waals surface area contributed by atoms with Gasteiger partial charge in [-0.05, 0) is 65.7 Å². The molecule has 0 saturated heterocycles. The van der Waals surface area contributed by atoms with E-state index < -0.39 is 16.2 Å². The van der Waals surface area contributed by atoms with Gasteiger partial charge in [0.05, 0.1) is 12.3 Å². The van der Waals surface area contributed by atoms with Crippen molar-refractivity contribution in [3.05, 3.63) is 108 Å². The number of pyridine rings is 1. The molecule has 0 spiro atoms. The molecule has 3 aromatic carbocycles. The Morgan fingerprint density at radius 3 is 2.24 bits per heavy atom. The number of carbonyl (C=O) groups is 2. The quantitative estimate of drug-likeness (QED) is 0.235. The number of carbonyl (C=O) groups excluding carboxylic acids is 2. The first-order valence-electron chi connectivity index (χ1n) is 11.4. The third-order valence-electron chi connectivity index (χ3n) is 5.40. The number of hydrogen-bond acceptors (Lipinski definition) is 7. The van der Waals surface area contributed by atoms with Crippen LogP contribution < -0.4 is 14.8 Å². The lowest BCUT2D eigenvalue weighted by Crippen LogP contribution is -2.24. The minimum Gasteiger partial charge on any atom is -0.383 e. The number of aromatic nitrogens is 1. The zero-order valence-electron chi connectivity index (χ0n) is 20.0. The largest absolute Gasteiger partial charge is 0.383 e. The summed E-state index contributed by atoms with van der Waals surface area (Å²) in [5, 5.41) is 6.06. The average Bonchev–Trinajstić information content (AvgIpc) is 2.89. The van der Waals surface area contributed by atoms with Gasteiger partial charge >= 0.3 is 10.1 Å². The molecule has 1 aromatic heterocycles. The maximum Gasteiger partial charge on any atom is 0.306 e. The van der Waals surface area contributed by atoms with Crippen LogP contribution >= 0.6 is 0 Å².